The minimum absolute atomic E-state index is 0.299. The van der Waals surface area contributed by atoms with E-state index in [9.17, 15) is 0 Å². The van der Waals surface area contributed by atoms with Gasteiger partial charge < -0.3 is 10.2 Å². The molecule has 4 heteroatoms. The monoisotopic (exact) mass is 272 g/mol. The third-order valence-electron chi connectivity index (χ3n) is 3.16. The number of hydrogen-bond acceptors (Lipinski definition) is 3. The highest BCUT2D eigenvalue weighted by Crippen LogP contribution is 2.22. The molecule has 1 aliphatic heterocycles. The lowest BCUT2D eigenvalue weighted by molar-refractivity contribution is 0.152. The molecule has 2 heterocycles. The highest BCUT2D eigenvalue weighted by molar-refractivity contribution is 9.10. The van der Waals surface area contributed by atoms with Gasteiger partial charge in [-0.2, -0.15) is 0 Å². The van der Waals surface area contributed by atoms with Gasteiger partial charge in [0, 0.05) is 12.6 Å². The van der Waals surface area contributed by atoms with E-state index in [1.807, 2.05) is 6.07 Å². The number of nitrogens with zero attached hydrogens (tertiary/aromatic N) is 1. The molecule has 0 saturated carbocycles. The molecule has 2 rings (SSSR count). The molecular weight excluding hydrogens is 256 g/mol. The second-order valence-corrected chi connectivity index (χ2v) is 5.21. The van der Waals surface area contributed by atoms with Crippen LogP contribution in [-0.2, 0) is 6.54 Å². The second-order valence-electron chi connectivity index (χ2n) is 4.36. The van der Waals surface area contributed by atoms with Crippen molar-refractivity contribution in [2.24, 2.45) is 11.7 Å². The molecule has 84 valence electrons. The Morgan fingerprint density at radius 1 is 1.67 bits per heavy atom. The van der Waals surface area contributed by atoms with Gasteiger partial charge in [0.15, 0.2) is 0 Å². The maximum Gasteiger partial charge on any atom is 0.131 e. The van der Waals surface area contributed by atoms with Gasteiger partial charge in [-0.05, 0) is 40.9 Å². The Labute approximate surface area is 98.7 Å². The first-order valence-electron chi connectivity index (χ1n) is 5.36. The zero-order valence-electron chi connectivity index (χ0n) is 8.95. The topological polar surface area (TPSA) is 42.4 Å². The smallest absolute Gasteiger partial charge is 0.131 e. The first-order valence-corrected chi connectivity index (χ1v) is 6.16. The number of furan rings is 1. The summed E-state index contributed by atoms with van der Waals surface area (Å²) in [5.41, 5.74) is 6.05. The number of rotatable bonds is 2. The van der Waals surface area contributed by atoms with E-state index in [1.54, 1.807) is 6.26 Å². The normalized spacial score (nSPS) is 28.2. The molecule has 0 aromatic carbocycles. The average Bonchev–Trinajstić information content (AvgIpc) is 2.59. The summed E-state index contributed by atoms with van der Waals surface area (Å²) < 4.78 is 6.45. The predicted octanol–water partition coefficient (Wildman–Crippen LogP) is 2.21. The standard InChI is InChI=1S/C11H17BrN2O/c1-8-2-4-14(6-10(8)13)7-11-9(12)3-5-15-11/h3,5,8,10H,2,4,6-7,13H2,1H3. The molecule has 2 atom stereocenters. The van der Waals surface area contributed by atoms with Crippen LogP contribution in [0.25, 0.3) is 0 Å². The molecule has 0 amide bonds. The minimum Gasteiger partial charge on any atom is -0.467 e. The lowest BCUT2D eigenvalue weighted by Gasteiger charge is -2.34. The van der Waals surface area contributed by atoms with E-state index >= 15 is 0 Å². The van der Waals surface area contributed by atoms with Crippen LogP contribution in [-0.4, -0.2) is 24.0 Å². The van der Waals surface area contributed by atoms with Crippen molar-refractivity contribution in [3.63, 3.8) is 0 Å². The number of likely N-dealkylation sites (tertiary alicyclic amines) is 1. The second kappa shape index (κ2) is 4.68. The van der Waals surface area contributed by atoms with Gasteiger partial charge in [0.25, 0.3) is 0 Å². The van der Waals surface area contributed by atoms with Crippen LogP contribution in [0.2, 0.25) is 0 Å². The number of hydrogen-bond donors (Lipinski definition) is 1. The van der Waals surface area contributed by atoms with E-state index < -0.39 is 0 Å². The quantitative estimate of drug-likeness (QED) is 0.898. The van der Waals surface area contributed by atoms with Crippen LogP contribution < -0.4 is 5.73 Å². The molecule has 1 fully saturated rings. The first kappa shape index (κ1) is 11.2. The first-order chi connectivity index (χ1) is 7.16. The highest BCUT2D eigenvalue weighted by atomic mass is 79.9. The van der Waals surface area contributed by atoms with Crippen LogP contribution in [0, 0.1) is 5.92 Å². The predicted molar refractivity (Wildman–Crippen MR) is 63.4 cm³/mol. The van der Waals surface area contributed by atoms with Crippen LogP contribution in [0.3, 0.4) is 0 Å². The Morgan fingerprint density at radius 3 is 3.07 bits per heavy atom. The van der Waals surface area contributed by atoms with Gasteiger partial charge in [-0.15, -0.1) is 0 Å². The summed E-state index contributed by atoms with van der Waals surface area (Å²) in [5, 5.41) is 0. The summed E-state index contributed by atoms with van der Waals surface area (Å²) in [6.45, 7) is 5.16. The molecule has 1 aromatic rings. The number of halogens is 1. The Bertz CT molecular complexity index is 326. The summed E-state index contributed by atoms with van der Waals surface area (Å²) in [4.78, 5) is 2.36. The Balaban J connectivity index is 1.94. The van der Waals surface area contributed by atoms with E-state index in [4.69, 9.17) is 10.2 Å². The maximum atomic E-state index is 6.05. The fourth-order valence-corrected chi connectivity index (χ4v) is 2.28. The van der Waals surface area contributed by atoms with E-state index in [0.717, 1.165) is 29.9 Å². The molecule has 3 nitrogen and oxygen atoms in total. The molecule has 0 radical (unpaired) electrons. The van der Waals surface area contributed by atoms with Crippen molar-refractivity contribution >= 4 is 15.9 Å². The Kier molecular flexibility index (Phi) is 3.49. The van der Waals surface area contributed by atoms with Crippen LogP contribution in [0.4, 0.5) is 0 Å². The van der Waals surface area contributed by atoms with Gasteiger partial charge in [0.2, 0.25) is 0 Å². The third kappa shape index (κ3) is 2.62. The van der Waals surface area contributed by atoms with Crippen molar-refractivity contribution in [2.45, 2.75) is 25.9 Å². The maximum absolute atomic E-state index is 6.05. The van der Waals surface area contributed by atoms with Crippen LogP contribution in [0.1, 0.15) is 19.1 Å². The van der Waals surface area contributed by atoms with Crippen LogP contribution in [0.15, 0.2) is 21.2 Å². The van der Waals surface area contributed by atoms with E-state index in [0.29, 0.717) is 12.0 Å². The van der Waals surface area contributed by atoms with E-state index in [2.05, 4.69) is 27.8 Å². The van der Waals surface area contributed by atoms with Gasteiger partial charge in [-0.1, -0.05) is 6.92 Å². The lowest BCUT2D eigenvalue weighted by Crippen LogP contribution is -2.47. The SMILES string of the molecule is CC1CCN(Cc2occc2Br)CC1N. The largest absolute Gasteiger partial charge is 0.467 e. The average molecular weight is 273 g/mol. The van der Waals surface area contributed by atoms with Crippen molar-refractivity contribution in [2.75, 3.05) is 13.1 Å². The van der Waals surface area contributed by atoms with Crippen molar-refractivity contribution in [3.05, 3.63) is 22.6 Å². The zero-order chi connectivity index (χ0) is 10.8. The molecule has 15 heavy (non-hydrogen) atoms. The summed E-state index contributed by atoms with van der Waals surface area (Å²) in [5.74, 6) is 1.64. The van der Waals surface area contributed by atoms with E-state index in [-0.39, 0.29) is 0 Å². The minimum atomic E-state index is 0.299. The number of piperidine rings is 1. The third-order valence-corrected chi connectivity index (χ3v) is 3.87. The number of nitrogens with two attached hydrogens (primary N) is 1. The molecule has 2 N–H and O–H groups in total. The van der Waals surface area contributed by atoms with Crippen molar-refractivity contribution in [1.82, 2.24) is 4.90 Å². The van der Waals surface area contributed by atoms with Gasteiger partial charge in [-0.25, -0.2) is 0 Å². The Hall–Kier alpha value is -0.320. The Morgan fingerprint density at radius 2 is 2.47 bits per heavy atom. The van der Waals surface area contributed by atoms with Crippen LogP contribution >= 0.6 is 15.9 Å². The molecule has 0 bridgehead atoms. The fourth-order valence-electron chi connectivity index (χ4n) is 1.95. The molecule has 1 saturated heterocycles. The summed E-state index contributed by atoms with van der Waals surface area (Å²) in [6, 6.07) is 2.23. The molecule has 0 spiro atoms. The van der Waals surface area contributed by atoms with Crippen LogP contribution in [0.5, 0.6) is 0 Å². The van der Waals surface area contributed by atoms with Gasteiger partial charge in [0.05, 0.1) is 17.3 Å². The van der Waals surface area contributed by atoms with Gasteiger partial charge in [-0.3, -0.25) is 4.90 Å². The van der Waals surface area contributed by atoms with Gasteiger partial charge >= 0.3 is 0 Å². The molecule has 0 aliphatic carbocycles. The summed E-state index contributed by atoms with van der Waals surface area (Å²) >= 11 is 3.47. The fraction of sp³-hybridized carbons (Fsp3) is 0.636. The lowest BCUT2D eigenvalue weighted by atomic mass is 9.94. The summed E-state index contributed by atoms with van der Waals surface area (Å²) in [7, 11) is 0. The molecule has 2 unspecified atom stereocenters. The van der Waals surface area contributed by atoms with Crippen molar-refractivity contribution in [1.29, 1.82) is 0 Å². The van der Waals surface area contributed by atoms with E-state index in [1.165, 1.54) is 6.42 Å². The zero-order valence-corrected chi connectivity index (χ0v) is 10.5. The molecule has 1 aliphatic rings. The highest BCUT2D eigenvalue weighted by Gasteiger charge is 2.23. The van der Waals surface area contributed by atoms with Crippen molar-refractivity contribution in [3.8, 4) is 0 Å². The van der Waals surface area contributed by atoms with Crippen molar-refractivity contribution < 1.29 is 4.42 Å². The molecule has 1 aromatic heterocycles. The summed E-state index contributed by atoms with van der Waals surface area (Å²) in [6.07, 6.45) is 2.89. The molecular formula is C11H17BrN2O. The van der Waals surface area contributed by atoms with Gasteiger partial charge in [0.1, 0.15) is 5.76 Å².